The van der Waals surface area contributed by atoms with Crippen molar-refractivity contribution in [3.8, 4) is 11.5 Å². The van der Waals surface area contributed by atoms with Crippen molar-refractivity contribution in [2.75, 3.05) is 14.2 Å². The third-order valence-electron chi connectivity index (χ3n) is 3.18. The molecule has 0 aliphatic carbocycles. The molecule has 0 aliphatic heterocycles. The predicted octanol–water partition coefficient (Wildman–Crippen LogP) is 0.327. The fourth-order valence-electron chi connectivity index (χ4n) is 1.97. The Morgan fingerprint density at radius 1 is 1.08 bits per heavy atom. The lowest BCUT2D eigenvalue weighted by Crippen LogP contribution is -2.44. The molecule has 1 aromatic carbocycles. The van der Waals surface area contributed by atoms with E-state index < -0.39 is 11.8 Å². The molecule has 0 fully saturated rings. The molecule has 0 radical (unpaired) electrons. The summed E-state index contributed by atoms with van der Waals surface area (Å²) in [6.07, 6.45) is 1.48. The van der Waals surface area contributed by atoms with Crippen LogP contribution in [0.1, 0.15) is 10.4 Å². The van der Waals surface area contributed by atoms with Crippen LogP contribution < -0.4 is 25.9 Å². The molecular weight excluding hydrogens is 314 g/mol. The largest absolute Gasteiger partial charge is 0.497 e. The Morgan fingerprint density at radius 3 is 2.54 bits per heavy atom. The van der Waals surface area contributed by atoms with E-state index in [9.17, 15) is 14.4 Å². The lowest BCUT2D eigenvalue weighted by atomic mass is 10.2. The Morgan fingerprint density at radius 2 is 1.88 bits per heavy atom. The minimum atomic E-state index is -0.553. The van der Waals surface area contributed by atoms with Crippen LogP contribution in [-0.4, -0.2) is 30.6 Å². The highest BCUT2D eigenvalue weighted by atomic mass is 16.5. The van der Waals surface area contributed by atoms with Gasteiger partial charge in [0, 0.05) is 18.3 Å². The number of methoxy groups -OCH3 is 2. The summed E-state index contributed by atoms with van der Waals surface area (Å²) in [5, 5.41) is 0. The van der Waals surface area contributed by atoms with E-state index in [0.717, 1.165) is 0 Å². The van der Waals surface area contributed by atoms with E-state index in [1.54, 1.807) is 24.3 Å². The Labute approximate surface area is 138 Å². The summed E-state index contributed by atoms with van der Waals surface area (Å²) in [5.74, 6) is -0.247. The fraction of sp³-hybridized carbons (Fsp3) is 0.188. The van der Waals surface area contributed by atoms with Crippen LogP contribution in [0.25, 0.3) is 0 Å². The van der Waals surface area contributed by atoms with E-state index >= 15 is 0 Å². The minimum absolute atomic E-state index is 0.209. The number of ether oxygens (including phenoxy) is 2. The van der Waals surface area contributed by atoms with E-state index in [2.05, 4.69) is 10.9 Å². The van der Waals surface area contributed by atoms with Crippen LogP contribution in [0.4, 0.5) is 0 Å². The standard InChI is InChI=1S/C16H17N3O5/c1-23-11-6-7-12(13(9-11)24-2)16(22)18-17-14(20)10-19-8-4-3-5-15(19)21/h3-9H,10H2,1-2H3,(H,17,20)(H,18,22). The van der Waals surface area contributed by atoms with Crippen molar-refractivity contribution in [3.63, 3.8) is 0 Å². The van der Waals surface area contributed by atoms with Crippen molar-refractivity contribution in [3.05, 3.63) is 58.5 Å². The molecule has 0 atom stereocenters. The number of carbonyl (C=O) groups excluding carboxylic acids is 2. The van der Waals surface area contributed by atoms with Crippen LogP contribution in [0.5, 0.6) is 11.5 Å². The highest BCUT2D eigenvalue weighted by Crippen LogP contribution is 2.24. The molecule has 0 aliphatic rings. The van der Waals surface area contributed by atoms with Gasteiger partial charge < -0.3 is 14.0 Å². The third kappa shape index (κ3) is 4.13. The van der Waals surface area contributed by atoms with Crippen LogP contribution in [0, 0.1) is 0 Å². The maximum atomic E-state index is 12.1. The summed E-state index contributed by atoms with van der Waals surface area (Å²) in [4.78, 5) is 35.5. The van der Waals surface area contributed by atoms with Crippen LogP contribution in [0.2, 0.25) is 0 Å². The molecule has 1 heterocycles. The number of pyridine rings is 1. The number of hydrogen-bond acceptors (Lipinski definition) is 5. The SMILES string of the molecule is COc1ccc(C(=O)NNC(=O)Cn2ccccc2=O)c(OC)c1. The number of benzene rings is 1. The predicted molar refractivity (Wildman–Crippen MR) is 85.9 cm³/mol. The zero-order chi connectivity index (χ0) is 17.5. The highest BCUT2D eigenvalue weighted by molar-refractivity contribution is 5.98. The van der Waals surface area contributed by atoms with Gasteiger partial charge in [0.1, 0.15) is 18.0 Å². The van der Waals surface area contributed by atoms with E-state index in [1.165, 1.54) is 37.1 Å². The molecule has 0 unspecified atom stereocenters. The Balaban J connectivity index is 1.99. The van der Waals surface area contributed by atoms with E-state index in [-0.39, 0.29) is 17.7 Å². The Hall–Kier alpha value is -3.29. The first-order valence-corrected chi connectivity index (χ1v) is 7.02. The van der Waals surface area contributed by atoms with Gasteiger partial charge in [-0.1, -0.05) is 6.07 Å². The number of hydrazine groups is 1. The molecule has 2 rings (SSSR count). The normalized spacial score (nSPS) is 9.92. The Kier molecular flexibility index (Phi) is 5.56. The summed E-state index contributed by atoms with van der Waals surface area (Å²) in [6, 6.07) is 9.22. The number of hydrogen-bond donors (Lipinski definition) is 2. The molecule has 2 aromatic rings. The zero-order valence-corrected chi connectivity index (χ0v) is 13.2. The topological polar surface area (TPSA) is 98.7 Å². The second-order valence-electron chi connectivity index (χ2n) is 4.74. The summed E-state index contributed by atoms with van der Waals surface area (Å²) in [5.41, 5.74) is 4.45. The quantitative estimate of drug-likeness (QED) is 0.769. The number of aromatic nitrogens is 1. The van der Waals surface area contributed by atoms with Crippen molar-refractivity contribution in [2.24, 2.45) is 0 Å². The molecule has 126 valence electrons. The van der Waals surface area contributed by atoms with Crippen LogP contribution >= 0.6 is 0 Å². The summed E-state index contributed by atoms with van der Waals surface area (Å²) >= 11 is 0. The smallest absolute Gasteiger partial charge is 0.273 e. The molecule has 8 heteroatoms. The van der Waals surface area contributed by atoms with E-state index in [4.69, 9.17) is 9.47 Å². The van der Waals surface area contributed by atoms with Crippen LogP contribution in [0.3, 0.4) is 0 Å². The average molecular weight is 331 g/mol. The van der Waals surface area contributed by atoms with Gasteiger partial charge >= 0.3 is 0 Å². The van der Waals surface area contributed by atoms with Gasteiger partial charge in [0.25, 0.3) is 17.4 Å². The van der Waals surface area contributed by atoms with Gasteiger partial charge in [0.15, 0.2) is 0 Å². The van der Waals surface area contributed by atoms with E-state index in [1.807, 2.05) is 0 Å². The van der Waals surface area contributed by atoms with Crippen molar-refractivity contribution >= 4 is 11.8 Å². The number of amides is 2. The number of nitrogens with one attached hydrogen (secondary N) is 2. The lowest BCUT2D eigenvalue weighted by Gasteiger charge is -2.12. The first kappa shape index (κ1) is 17.1. The van der Waals surface area contributed by atoms with Gasteiger partial charge in [-0.15, -0.1) is 0 Å². The third-order valence-corrected chi connectivity index (χ3v) is 3.18. The van der Waals surface area contributed by atoms with Crippen molar-refractivity contribution in [1.82, 2.24) is 15.4 Å². The monoisotopic (exact) mass is 331 g/mol. The maximum Gasteiger partial charge on any atom is 0.273 e. The van der Waals surface area contributed by atoms with Gasteiger partial charge in [0.05, 0.1) is 19.8 Å². The molecule has 0 spiro atoms. The number of carbonyl (C=O) groups is 2. The van der Waals surface area contributed by atoms with Gasteiger partial charge in [-0.2, -0.15) is 0 Å². The maximum absolute atomic E-state index is 12.1. The first-order chi connectivity index (χ1) is 11.5. The van der Waals surface area contributed by atoms with E-state index in [0.29, 0.717) is 11.5 Å². The molecule has 2 N–H and O–H groups in total. The van der Waals surface area contributed by atoms with Gasteiger partial charge in [-0.3, -0.25) is 25.2 Å². The summed E-state index contributed by atoms with van der Waals surface area (Å²) in [6.45, 7) is -0.209. The van der Waals surface area contributed by atoms with Gasteiger partial charge in [-0.05, 0) is 18.2 Å². The number of rotatable bonds is 5. The molecule has 1 aromatic heterocycles. The fourth-order valence-corrected chi connectivity index (χ4v) is 1.97. The number of nitrogens with zero attached hydrogens (tertiary/aromatic N) is 1. The molecule has 8 nitrogen and oxygen atoms in total. The highest BCUT2D eigenvalue weighted by Gasteiger charge is 2.14. The molecule has 2 amide bonds. The van der Waals surface area contributed by atoms with Crippen molar-refractivity contribution in [1.29, 1.82) is 0 Å². The van der Waals surface area contributed by atoms with Crippen LogP contribution in [0.15, 0.2) is 47.4 Å². The van der Waals surface area contributed by atoms with Crippen molar-refractivity contribution in [2.45, 2.75) is 6.54 Å². The molecular formula is C16H17N3O5. The minimum Gasteiger partial charge on any atom is -0.497 e. The van der Waals surface area contributed by atoms with Gasteiger partial charge in [-0.25, -0.2) is 0 Å². The van der Waals surface area contributed by atoms with Crippen molar-refractivity contribution < 1.29 is 19.1 Å². The second kappa shape index (κ2) is 7.82. The van der Waals surface area contributed by atoms with Crippen LogP contribution in [-0.2, 0) is 11.3 Å². The molecule has 0 saturated carbocycles. The second-order valence-corrected chi connectivity index (χ2v) is 4.74. The zero-order valence-electron chi connectivity index (χ0n) is 13.2. The summed E-state index contributed by atoms with van der Waals surface area (Å²) in [7, 11) is 2.92. The molecule has 0 bridgehead atoms. The Bertz CT molecular complexity index is 800. The van der Waals surface area contributed by atoms with Gasteiger partial charge in [0.2, 0.25) is 0 Å². The summed E-state index contributed by atoms with van der Waals surface area (Å²) < 4.78 is 11.4. The molecule has 24 heavy (non-hydrogen) atoms. The first-order valence-electron chi connectivity index (χ1n) is 7.02. The molecule has 0 saturated heterocycles. The lowest BCUT2D eigenvalue weighted by molar-refractivity contribution is -0.122. The average Bonchev–Trinajstić information content (AvgIpc) is 2.61.